The third kappa shape index (κ3) is 2.03. The number of rotatable bonds is 3. The van der Waals surface area contributed by atoms with E-state index in [0.717, 1.165) is 22.8 Å². The molecule has 2 rings (SSSR count). The molecule has 0 aliphatic heterocycles. The number of aromatic nitrogens is 2. The van der Waals surface area contributed by atoms with E-state index in [2.05, 4.69) is 18.0 Å². The van der Waals surface area contributed by atoms with Gasteiger partial charge in [0.15, 0.2) is 0 Å². The fraction of sp³-hybridized carbons (Fsp3) is 0.308. The summed E-state index contributed by atoms with van der Waals surface area (Å²) in [6.45, 7) is 2.54. The van der Waals surface area contributed by atoms with Crippen molar-refractivity contribution in [3.05, 3.63) is 35.7 Å². The minimum atomic E-state index is 0.484. The zero-order valence-corrected chi connectivity index (χ0v) is 10.4. The van der Waals surface area contributed by atoms with E-state index in [1.807, 2.05) is 23.7 Å². The quantitative estimate of drug-likeness (QED) is 0.877. The fourth-order valence-electron chi connectivity index (χ4n) is 1.88. The second-order valence-electron chi connectivity index (χ2n) is 4.04. The Morgan fingerprint density at radius 2 is 2.18 bits per heavy atom. The molecule has 1 heterocycles. The molecule has 0 spiro atoms. The molecular formula is C13H17N3O. The number of benzene rings is 1. The van der Waals surface area contributed by atoms with E-state index < -0.39 is 0 Å². The Morgan fingerprint density at radius 3 is 2.76 bits per heavy atom. The molecule has 0 aliphatic carbocycles. The van der Waals surface area contributed by atoms with Gasteiger partial charge in [-0.25, -0.2) is 4.98 Å². The molecule has 0 radical (unpaired) electrons. The molecule has 0 atom stereocenters. The van der Waals surface area contributed by atoms with Crippen LogP contribution in [0.25, 0.3) is 11.4 Å². The summed E-state index contributed by atoms with van der Waals surface area (Å²) in [5.74, 6) is 1.71. The predicted octanol–water partition coefficient (Wildman–Crippen LogP) is 1.86. The van der Waals surface area contributed by atoms with Crippen molar-refractivity contribution in [1.82, 2.24) is 9.55 Å². The third-order valence-electron chi connectivity index (χ3n) is 2.89. The molecule has 4 heteroatoms. The molecule has 2 aromatic rings. The Labute approximate surface area is 101 Å². The molecule has 1 aromatic carbocycles. The molecule has 90 valence electrons. The summed E-state index contributed by atoms with van der Waals surface area (Å²) in [7, 11) is 3.63. The molecule has 4 nitrogen and oxygen atoms in total. The first-order valence-corrected chi connectivity index (χ1v) is 5.53. The summed E-state index contributed by atoms with van der Waals surface area (Å²) in [5.41, 5.74) is 8.83. The SMILES string of the molecule is COc1ccc(C)cc1-c1ncc(CN)n1C. The molecule has 1 aromatic heterocycles. The van der Waals surface area contributed by atoms with Crippen LogP contribution in [-0.2, 0) is 13.6 Å². The van der Waals surface area contributed by atoms with E-state index in [4.69, 9.17) is 10.5 Å². The summed E-state index contributed by atoms with van der Waals surface area (Å²) < 4.78 is 7.37. The third-order valence-corrected chi connectivity index (χ3v) is 2.89. The van der Waals surface area contributed by atoms with Crippen LogP contribution in [0.15, 0.2) is 24.4 Å². The standard InChI is InChI=1S/C13H17N3O/c1-9-4-5-12(17-3)11(6-9)13-15-8-10(7-14)16(13)2/h4-6,8H,7,14H2,1-3H3. The van der Waals surface area contributed by atoms with Crippen LogP contribution < -0.4 is 10.5 Å². The van der Waals surface area contributed by atoms with Crippen LogP contribution in [0.3, 0.4) is 0 Å². The van der Waals surface area contributed by atoms with Crippen molar-refractivity contribution >= 4 is 0 Å². The predicted molar refractivity (Wildman–Crippen MR) is 67.8 cm³/mol. The topological polar surface area (TPSA) is 53.1 Å². The number of aryl methyl sites for hydroxylation is 1. The van der Waals surface area contributed by atoms with Gasteiger partial charge in [-0.15, -0.1) is 0 Å². The van der Waals surface area contributed by atoms with Crippen LogP contribution in [0.5, 0.6) is 5.75 Å². The first kappa shape index (κ1) is 11.7. The van der Waals surface area contributed by atoms with Crippen LogP contribution in [0.2, 0.25) is 0 Å². The van der Waals surface area contributed by atoms with Crippen molar-refractivity contribution in [3.8, 4) is 17.1 Å². The van der Waals surface area contributed by atoms with Crippen molar-refractivity contribution in [1.29, 1.82) is 0 Å². The largest absolute Gasteiger partial charge is 0.496 e. The number of hydrogen-bond donors (Lipinski definition) is 1. The van der Waals surface area contributed by atoms with Gasteiger partial charge in [0, 0.05) is 13.6 Å². The maximum absolute atomic E-state index is 5.65. The van der Waals surface area contributed by atoms with Gasteiger partial charge < -0.3 is 15.0 Å². The molecule has 17 heavy (non-hydrogen) atoms. The lowest BCUT2D eigenvalue weighted by atomic mass is 10.1. The minimum Gasteiger partial charge on any atom is -0.496 e. The van der Waals surface area contributed by atoms with Gasteiger partial charge in [-0.3, -0.25) is 0 Å². The van der Waals surface area contributed by atoms with Crippen molar-refractivity contribution in [2.24, 2.45) is 12.8 Å². The van der Waals surface area contributed by atoms with Crippen molar-refractivity contribution in [3.63, 3.8) is 0 Å². The van der Waals surface area contributed by atoms with Gasteiger partial charge in [0.05, 0.1) is 24.6 Å². The number of methoxy groups -OCH3 is 1. The van der Waals surface area contributed by atoms with Gasteiger partial charge in [-0.05, 0) is 19.1 Å². The van der Waals surface area contributed by atoms with E-state index in [9.17, 15) is 0 Å². The molecule has 0 aliphatic rings. The van der Waals surface area contributed by atoms with Crippen molar-refractivity contribution < 1.29 is 4.74 Å². The van der Waals surface area contributed by atoms with Crippen molar-refractivity contribution in [2.45, 2.75) is 13.5 Å². The molecular weight excluding hydrogens is 214 g/mol. The number of ether oxygens (including phenoxy) is 1. The normalized spacial score (nSPS) is 10.6. The molecule has 0 saturated heterocycles. The van der Waals surface area contributed by atoms with Gasteiger partial charge in [0.1, 0.15) is 11.6 Å². The first-order chi connectivity index (χ1) is 8.17. The zero-order chi connectivity index (χ0) is 12.4. The highest BCUT2D eigenvalue weighted by atomic mass is 16.5. The Bertz CT molecular complexity index is 531. The second kappa shape index (κ2) is 4.59. The van der Waals surface area contributed by atoms with Gasteiger partial charge in [0.25, 0.3) is 0 Å². The van der Waals surface area contributed by atoms with E-state index in [0.29, 0.717) is 6.54 Å². The minimum absolute atomic E-state index is 0.484. The Morgan fingerprint density at radius 1 is 1.41 bits per heavy atom. The summed E-state index contributed by atoms with van der Waals surface area (Å²) in [4.78, 5) is 4.41. The van der Waals surface area contributed by atoms with E-state index in [1.54, 1.807) is 13.3 Å². The average molecular weight is 231 g/mol. The molecule has 0 amide bonds. The maximum Gasteiger partial charge on any atom is 0.143 e. The summed E-state index contributed by atoms with van der Waals surface area (Å²) in [6.07, 6.45) is 1.80. The Hall–Kier alpha value is -1.81. The maximum atomic E-state index is 5.65. The van der Waals surface area contributed by atoms with Crippen LogP contribution in [-0.4, -0.2) is 16.7 Å². The van der Waals surface area contributed by atoms with Crippen molar-refractivity contribution in [2.75, 3.05) is 7.11 Å². The molecule has 0 fully saturated rings. The smallest absolute Gasteiger partial charge is 0.143 e. The Balaban J connectivity index is 2.58. The summed E-state index contributed by atoms with van der Waals surface area (Å²) in [5, 5.41) is 0. The summed E-state index contributed by atoms with van der Waals surface area (Å²) >= 11 is 0. The zero-order valence-electron chi connectivity index (χ0n) is 10.4. The lowest BCUT2D eigenvalue weighted by Crippen LogP contribution is -2.04. The van der Waals surface area contributed by atoms with E-state index in [-0.39, 0.29) is 0 Å². The average Bonchev–Trinajstić information content (AvgIpc) is 2.70. The lowest BCUT2D eigenvalue weighted by molar-refractivity contribution is 0.416. The van der Waals surface area contributed by atoms with E-state index >= 15 is 0 Å². The fourth-order valence-corrected chi connectivity index (χ4v) is 1.88. The lowest BCUT2D eigenvalue weighted by Gasteiger charge is -2.10. The van der Waals surface area contributed by atoms with Gasteiger partial charge in [0.2, 0.25) is 0 Å². The highest BCUT2D eigenvalue weighted by Gasteiger charge is 2.12. The number of hydrogen-bond acceptors (Lipinski definition) is 3. The molecule has 0 bridgehead atoms. The number of nitrogens with two attached hydrogens (primary N) is 1. The molecule has 0 saturated carbocycles. The molecule has 2 N–H and O–H groups in total. The monoisotopic (exact) mass is 231 g/mol. The number of nitrogens with zero attached hydrogens (tertiary/aromatic N) is 2. The highest BCUT2D eigenvalue weighted by molar-refractivity contribution is 5.66. The molecule has 0 unspecified atom stereocenters. The van der Waals surface area contributed by atoms with Crippen LogP contribution in [0.1, 0.15) is 11.3 Å². The highest BCUT2D eigenvalue weighted by Crippen LogP contribution is 2.29. The van der Waals surface area contributed by atoms with Crippen LogP contribution in [0.4, 0.5) is 0 Å². The van der Waals surface area contributed by atoms with Gasteiger partial charge >= 0.3 is 0 Å². The van der Waals surface area contributed by atoms with Crippen LogP contribution >= 0.6 is 0 Å². The van der Waals surface area contributed by atoms with Gasteiger partial charge in [-0.1, -0.05) is 11.6 Å². The van der Waals surface area contributed by atoms with E-state index in [1.165, 1.54) is 5.56 Å². The number of imidazole rings is 1. The first-order valence-electron chi connectivity index (χ1n) is 5.53. The Kier molecular flexibility index (Phi) is 3.15. The summed E-state index contributed by atoms with van der Waals surface area (Å²) in [6, 6.07) is 6.05. The van der Waals surface area contributed by atoms with Gasteiger partial charge in [-0.2, -0.15) is 0 Å². The second-order valence-corrected chi connectivity index (χ2v) is 4.04. The van der Waals surface area contributed by atoms with Crippen LogP contribution in [0, 0.1) is 6.92 Å².